The first-order chi connectivity index (χ1) is 9.69. The molecule has 0 aliphatic heterocycles. The van der Waals surface area contributed by atoms with Crippen molar-refractivity contribution in [2.45, 2.75) is 26.2 Å². The molecule has 0 heterocycles. The number of rotatable bonds is 5. The van der Waals surface area contributed by atoms with Gasteiger partial charge in [-0.1, -0.05) is 62.4 Å². The molecule has 0 aromatic heterocycles. The van der Waals surface area contributed by atoms with Crippen molar-refractivity contribution in [2.75, 3.05) is 7.11 Å². The van der Waals surface area contributed by atoms with Crippen LogP contribution < -0.4 is 4.74 Å². The molecular formula is C19H22O. The van der Waals surface area contributed by atoms with E-state index in [9.17, 15) is 0 Å². The molecule has 2 aromatic rings. The molecule has 20 heavy (non-hydrogen) atoms. The number of hydrogen-bond acceptors (Lipinski definition) is 1. The number of allylic oxidation sites excluding steroid dienone is 1. The summed E-state index contributed by atoms with van der Waals surface area (Å²) in [5.74, 6) is 1.50. The number of benzene rings is 2. The minimum Gasteiger partial charge on any atom is -0.497 e. The summed E-state index contributed by atoms with van der Waals surface area (Å²) < 4.78 is 5.23. The SMILES string of the molecule is COc1cccc(CC=Cc2ccc(C(C)C)cc2)c1. The fourth-order valence-electron chi connectivity index (χ4n) is 2.12. The minimum absolute atomic E-state index is 0.588. The summed E-state index contributed by atoms with van der Waals surface area (Å²) in [7, 11) is 1.70. The maximum atomic E-state index is 5.23. The van der Waals surface area contributed by atoms with E-state index in [1.54, 1.807) is 7.11 Å². The van der Waals surface area contributed by atoms with Crippen molar-refractivity contribution in [3.05, 3.63) is 71.3 Å². The van der Waals surface area contributed by atoms with Crippen LogP contribution in [0.4, 0.5) is 0 Å². The quantitative estimate of drug-likeness (QED) is 0.733. The third kappa shape index (κ3) is 3.99. The zero-order chi connectivity index (χ0) is 14.4. The molecule has 104 valence electrons. The van der Waals surface area contributed by atoms with Gasteiger partial charge >= 0.3 is 0 Å². The second-order valence-corrected chi connectivity index (χ2v) is 5.28. The predicted octanol–water partition coefficient (Wildman–Crippen LogP) is 5.07. The van der Waals surface area contributed by atoms with E-state index in [0.717, 1.165) is 12.2 Å². The van der Waals surface area contributed by atoms with Gasteiger partial charge in [0.1, 0.15) is 5.75 Å². The molecule has 2 aromatic carbocycles. The Kier molecular flexibility index (Phi) is 5.00. The first kappa shape index (κ1) is 14.4. The molecular weight excluding hydrogens is 244 g/mol. The molecule has 0 atom stereocenters. The lowest BCUT2D eigenvalue weighted by molar-refractivity contribution is 0.414. The highest BCUT2D eigenvalue weighted by Crippen LogP contribution is 2.16. The average Bonchev–Trinajstić information content (AvgIpc) is 2.48. The van der Waals surface area contributed by atoms with Gasteiger partial charge in [0.25, 0.3) is 0 Å². The van der Waals surface area contributed by atoms with Crippen molar-refractivity contribution in [3.8, 4) is 5.75 Å². The van der Waals surface area contributed by atoms with Crippen LogP contribution in [0.25, 0.3) is 6.08 Å². The van der Waals surface area contributed by atoms with Gasteiger partial charge in [0.2, 0.25) is 0 Å². The summed E-state index contributed by atoms with van der Waals surface area (Å²) in [6.45, 7) is 4.43. The molecule has 1 nitrogen and oxygen atoms in total. The van der Waals surface area contributed by atoms with Crippen LogP contribution in [0.1, 0.15) is 36.5 Å². The maximum absolute atomic E-state index is 5.23. The molecule has 0 radical (unpaired) electrons. The number of ether oxygens (including phenoxy) is 1. The Morgan fingerprint density at radius 1 is 1.05 bits per heavy atom. The van der Waals surface area contributed by atoms with E-state index < -0.39 is 0 Å². The normalized spacial score (nSPS) is 11.2. The highest BCUT2D eigenvalue weighted by atomic mass is 16.5. The van der Waals surface area contributed by atoms with Crippen molar-refractivity contribution in [3.63, 3.8) is 0 Å². The zero-order valence-corrected chi connectivity index (χ0v) is 12.5. The number of hydrogen-bond donors (Lipinski definition) is 0. The molecule has 0 aliphatic rings. The van der Waals surface area contributed by atoms with Crippen LogP contribution in [0.5, 0.6) is 5.75 Å². The van der Waals surface area contributed by atoms with Gasteiger partial charge in [0, 0.05) is 0 Å². The Labute approximate surface area is 121 Å². The fraction of sp³-hybridized carbons (Fsp3) is 0.263. The summed E-state index contributed by atoms with van der Waals surface area (Å²) in [6.07, 6.45) is 5.28. The Balaban J connectivity index is 1.98. The number of methoxy groups -OCH3 is 1. The third-order valence-corrected chi connectivity index (χ3v) is 3.40. The molecule has 0 amide bonds. The van der Waals surface area contributed by atoms with Gasteiger partial charge in [-0.05, 0) is 41.2 Å². The summed E-state index contributed by atoms with van der Waals surface area (Å²) >= 11 is 0. The topological polar surface area (TPSA) is 9.23 Å². The Morgan fingerprint density at radius 2 is 1.80 bits per heavy atom. The van der Waals surface area contributed by atoms with Gasteiger partial charge in [-0.2, -0.15) is 0 Å². The van der Waals surface area contributed by atoms with E-state index in [1.807, 2.05) is 12.1 Å². The second-order valence-electron chi connectivity index (χ2n) is 5.28. The lowest BCUT2D eigenvalue weighted by Gasteiger charge is -2.04. The van der Waals surface area contributed by atoms with Crippen molar-refractivity contribution in [1.29, 1.82) is 0 Å². The highest BCUT2D eigenvalue weighted by molar-refractivity contribution is 5.50. The fourth-order valence-corrected chi connectivity index (χ4v) is 2.12. The predicted molar refractivity (Wildman–Crippen MR) is 86.3 cm³/mol. The average molecular weight is 266 g/mol. The summed E-state index contributed by atoms with van der Waals surface area (Å²) in [4.78, 5) is 0. The summed E-state index contributed by atoms with van der Waals surface area (Å²) in [5, 5.41) is 0. The van der Waals surface area contributed by atoms with Crippen LogP contribution in [-0.2, 0) is 6.42 Å². The standard InChI is InChI=1S/C19H22O/c1-15(2)18-12-10-16(11-13-18)6-4-7-17-8-5-9-19(14-17)20-3/h4-6,8-15H,7H2,1-3H3. The lowest BCUT2D eigenvalue weighted by Crippen LogP contribution is -1.87. The summed E-state index contributed by atoms with van der Waals surface area (Å²) in [5.41, 5.74) is 3.90. The molecule has 0 saturated heterocycles. The van der Waals surface area contributed by atoms with Crippen LogP contribution in [0.2, 0.25) is 0 Å². The van der Waals surface area contributed by atoms with Crippen LogP contribution in [0.15, 0.2) is 54.6 Å². The minimum atomic E-state index is 0.588. The van der Waals surface area contributed by atoms with Crippen LogP contribution in [0.3, 0.4) is 0 Å². The van der Waals surface area contributed by atoms with Crippen molar-refractivity contribution in [2.24, 2.45) is 0 Å². The third-order valence-electron chi connectivity index (χ3n) is 3.40. The van der Waals surface area contributed by atoms with E-state index >= 15 is 0 Å². The Morgan fingerprint density at radius 3 is 2.45 bits per heavy atom. The molecule has 0 unspecified atom stereocenters. The highest BCUT2D eigenvalue weighted by Gasteiger charge is 1.97. The zero-order valence-electron chi connectivity index (χ0n) is 12.5. The van der Waals surface area contributed by atoms with Crippen molar-refractivity contribution in [1.82, 2.24) is 0 Å². The molecule has 2 rings (SSSR count). The Hall–Kier alpha value is -2.02. The van der Waals surface area contributed by atoms with Crippen LogP contribution in [0, 0.1) is 0 Å². The van der Waals surface area contributed by atoms with Crippen LogP contribution >= 0.6 is 0 Å². The van der Waals surface area contributed by atoms with Gasteiger partial charge in [-0.3, -0.25) is 0 Å². The molecule has 0 aliphatic carbocycles. The molecule has 0 N–H and O–H groups in total. The molecule has 0 saturated carbocycles. The van der Waals surface area contributed by atoms with Crippen LogP contribution in [-0.4, -0.2) is 7.11 Å². The maximum Gasteiger partial charge on any atom is 0.119 e. The largest absolute Gasteiger partial charge is 0.497 e. The smallest absolute Gasteiger partial charge is 0.119 e. The lowest BCUT2D eigenvalue weighted by atomic mass is 10.0. The first-order valence-corrected chi connectivity index (χ1v) is 7.08. The molecule has 1 heteroatoms. The monoisotopic (exact) mass is 266 g/mol. The van der Waals surface area contributed by atoms with Crippen molar-refractivity contribution >= 4 is 6.08 Å². The molecule has 0 spiro atoms. The molecule has 0 bridgehead atoms. The van der Waals surface area contributed by atoms with Gasteiger partial charge in [0.05, 0.1) is 7.11 Å². The van der Waals surface area contributed by atoms with Gasteiger partial charge in [-0.25, -0.2) is 0 Å². The van der Waals surface area contributed by atoms with Crippen molar-refractivity contribution < 1.29 is 4.74 Å². The van der Waals surface area contributed by atoms with Gasteiger partial charge in [-0.15, -0.1) is 0 Å². The van der Waals surface area contributed by atoms with E-state index in [-0.39, 0.29) is 0 Å². The Bertz CT molecular complexity index is 565. The first-order valence-electron chi connectivity index (χ1n) is 7.08. The second kappa shape index (κ2) is 6.95. The van der Waals surface area contributed by atoms with E-state index in [1.165, 1.54) is 16.7 Å². The van der Waals surface area contributed by atoms with Gasteiger partial charge < -0.3 is 4.74 Å². The molecule has 0 fully saturated rings. The van der Waals surface area contributed by atoms with E-state index in [4.69, 9.17) is 4.74 Å². The van der Waals surface area contributed by atoms with Gasteiger partial charge in [0.15, 0.2) is 0 Å². The summed E-state index contributed by atoms with van der Waals surface area (Å²) in [6, 6.07) is 17.0. The van der Waals surface area contributed by atoms with E-state index in [0.29, 0.717) is 5.92 Å². The van der Waals surface area contributed by atoms with E-state index in [2.05, 4.69) is 62.4 Å².